The first kappa shape index (κ1) is 9.37. The lowest BCUT2D eigenvalue weighted by molar-refractivity contribution is -0.116. The lowest BCUT2D eigenvalue weighted by Gasteiger charge is -1.97. The lowest BCUT2D eigenvalue weighted by Crippen LogP contribution is -2.06. The van der Waals surface area contributed by atoms with Gasteiger partial charge >= 0.3 is 0 Å². The summed E-state index contributed by atoms with van der Waals surface area (Å²) in [5, 5.41) is 8.77. The van der Waals surface area contributed by atoms with Gasteiger partial charge in [-0.3, -0.25) is 4.79 Å². The highest BCUT2D eigenvalue weighted by molar-refractivity contribution is 5.89. The van der Waals surface area contributed by atoms with Gasteiger partial charge < -0.3 is 5.11 Å². The number of hydrogen-bond acceptors (Lipinski definition) is 2. The molecule has 0 amide bonds. The molecule has 0 saturated carbocycles. The zero-order valence-electron chi connectivity index (χ0n) is 6.50. The molecule has 2 heteroatoms. The third-order valence-corrected chi connectivity index (χ3v) is 1.04. The number of hydrogen-bond donors (Lipinski definition) is 1. The van der Waals surface area contributed by atoms with Crippen LogP contribution in [0.4, 0.5) is 0 Å². The summed E-state index contributed by atoms with van der Waals surface area (Å²) in [6.07, 6.45) is 3.90. The minimum atomic E-state index is -0.519. The molecule has 0 saturated heterocycles. The molecule has 0 unspecified atom stereocenters. The van der Waals surface area contributed by atoms with Crippen LogP contribution >= 0.6 is 0 Å². The Morgan fingerprint density at radius 1 is 1.70 bits per heavy atom. The SMILES string of the molecule is CC/C=C\C(=O)C[C@@H](C)O. The number of aliphatic hydroxyl groups excluding tert-OH is 1. The molecule has 0 heterocycles. The van der Waals surface area contributed by atoms with E-state index in [1.165, 1.54) is 6.08 Å². The molecule has 10 heavy (non-hydrogen) atoms. The van der Waals surface area contributed by atoms with E-state index in [0.29, 0.717) is 0 Å². The van der Waals surface area contributed by atoms with E-state index < -0.39 is 6.10 Å². The zero-order chi connectivity index (χ0) is 7.98. The molecule has 58 valence electrons. The molecule has 0 spiro atoms. The third-order valence-electron chi connectivity index (χ3n) is 1.04. The fourth-order valence-electron chi connectivity index (χ4n) is 0.608. The summed E-state index contributed by atoms with van der Waals surface area (Å²) in [4.78, 5) is 10.8. The predicted molar refractivity (Wildman–Crippen MR) is 40.7 cm³/mol. The maximum Gasteiger partial charge on any atom is 0.157 e. The van der Waals surface area contributed by atoms with Gasteiger partial charge in [0.1, 0.15) is 0 Å². The third kappa shape index (κ3) is 5.51. The van der Waals surface area contributed by atoms with Gasteiger partial charge in [-0.25, -0.2) is 0 Å². The van der Waals surface area contributed by atoms with E-state index in [0.717, 1.165) is 6.42 Å². The van der Waals surface area contributed by atoms with E-state index in [1.54, 1.807) is 13.0 Å². The standard InChI is InChI=1S/C8H14O2/c1-3-4-5-8(10)6-7(2)9/h4-5,7,9H,3,6H2,1-2H3/b5-4-/t7-/m1/s1. The Bertz CT molecular complexity index is 125. The lowest BCUT2D eigenvalue weighted by atomic mass is 10.2. The number of ketones is 1. The number of carbonyl (C=O) groups excluding carboxylic acids is 1. The number of aliphatic hydroxyl groups is 1. The van der Waals surface area contributed by atoms with Gasteiger partial charge in [-0.2, -0.15) is 0 Å². The van der Waals surface area contributed by atoms with Gasteiger partial charge in [-0.1, -0.05) is 13.0 Å². The summed E-state index contributed by atoms with van der Waals surface area (Å²) in [7, 11) is 0. The largest absolute Gasteiger partial charge is 0.393 e. The Morgan fingerprint density at radius 2 is 2.30 bits per heavy atom. The van der Waals surface area contributed by atoms with Crippen molar-refractivity contribution in [2.45, 2.75) is 32.8 Å². The Kier molecular flexibility index (Phi) is 4.85. The first-order valence-corrected chi connectivity index (χ1v) is 3.54. The molecule has 0 aromatic rings. The highest BCUT2D eigenvalue weighted by Crippen LogP contribution is 1.92. The van der Waals surface area contributed by atoms with Crippen molar-refractivity contribution in [3.05, 3.63) is 12.2 Å². The summed E-state index contributed by atoms with van der Waals surface area (Å²) in [5.41, 5.74) is 0. The second kappa shape index (κ2) is 5.18. The smallest absolute Gasteiger partial charge is 0.157 e. The van der Waals surface area contributed by atoms with Crippen LogP contribution in [0.2, 0.25) is 0 Å². The fraction of sp³-hybridized carbons (Fsp3) is 0.625. The van der Waals surface area contributed by atoms with Crippen LogP contribution in [0, 0.1) is 0 Å². The van der Waals surface area contributed by atoms with Crippen molar-refractivity contribution in [3.63, 3.8) is 0 Å². The summed E-state index contributed by atoms with van der Waals surface area (Å²) < 4.78 is 0. The van der Waals surface area contributed by atoms with Crippen LogP contribution in [0.1, 0.15) is 26.7 Å². The summed E-state index contributed by atoms with van der Waals surface area (Å²) in [6.45, 7) is 3.57. The second-order valence-electron chi connectivity index (χ2n) is 2.33. The van der Waals surface area contributed by atoms with E-state index >= 15 is 0 Å². The van der Waals surface area contributed by atoms with Crippen LogP contribution in [0.15, 0.2) is 12.2 Å². The minimum absolute atomic E-state index is 0.00292. The van der Waals surface area contributed by atoms with Crippen molar-refractivity contribution in [2.75, 3.05) is 0 Å². The first-order chi connectivity index (χ1) is 4.66. The molecule has 0 rings (SSSR count). The molecule has 0 aromatic heterocycles. The minimum Gasteiger partial charge on any atom is -0.393 e. The highest BCUT2D eigenvalue weighted by atomic mass is 16.3. The maximum absolute atomic E-state index is 10.8. The van der Waals surface area contributed by atoms with E-state index in [2.05, 4.69) is 0 Å². The van der Waals surface area contributed by atoms with Crippen LogP contribution < -0.4 is 0 Å². The summed E-state index contributed by atoms with van der Waals surface area (Å²) in [5.74, 6) is -0.00292. The molecule has 0 bridgehead atoms. The molecule has 0 aromatic carbocycles. The van der Waals surface area contributed by atoms with Crippen LogP contribution in [0.3, 0.4) is 0 Å². The van der Waals surface area contributed by atoms with Crippen molar-refractivity contribution in [1.29, 1.82) is 0 Å². The van der Waals surface area contributed by atoms with Crippen molar-refractivity contribution in [2.24, 2.45) is 0 Å². The summed E-state index contributed by atoms with van der Waals surface area (Å²) in [6, 6.07) is 0. The molecular weight excluding hydrogens is 128 g/mol. The van der Waals surface area contributed by atoms with Gasteiger partial charge in [0.05, 0.1) is 6.10 Å². The molecular formula is C8H14O2. The quantitative estimate of drug-likeness (QED) is 0.600. The second-order valence-corrected chi connectivity index (χ2v) is 2.33. The molecule has 1 N–H and O–H groups in total. The molecule has 2 nitrogen and oxygen atoms in total. The van der Waals surface area contributed by atoms with Gasteiger partial charge in [0, 0.05) is 6.42 Å². The normalized spacial score (nSPS) is 13.9. The van der Waals surface area contributed by atoms with Crippen LogP contribution in [0.25, 0.3) is 0 Å². The Morgan fingerprint density at radius 3 is 2.70 bits per heavy atom. The van der Waals surface area contributed by atoms with Gasteiger partial charge in [-0.05, 0) is 19.4 Å². The topological polar surface area (TPSA) is 37.3 Å². The van der Waals surface area contributed by atoms with Crippen molar-refractivity contribution >= 4 is 5.78 Å². The van der Waals surface area contributed by atoms with E-state index in [1.807, 2.05) is 6.92 Å². The van der Waals surface area contributed by atoms with Crippen LogP contribution in [-0.4, -0.2) is 17.0 Å². The average Bonchev–Trinajstić information content (AvgIpc) is 1.82. The Labute approximate surface area is 61.6 Å². The van der Waals surface area contributed by atoms with Crippen LogP contribution in [-0.2, 0) is 4.79 Å². The molecule has 0 aliphatic carbocycles. The zero-order valence-corrected chi connectivity index (χ0v) is 6.50. The van der Waals surface area contributed by atoms with Crippen LogP contribution in [0.5, 0.6) is 0 Å². The maximum atomic E-state index is 10.8. The molecule has 0 aliphatic heterocycles. The molecule has 0 fully saturated rings. The van der Waals surface area contributed by atoms with Gasteiger partial charge in [0.2, 0.25) is 0 Å². The van der Waals surface area contributed by atoms with Crippen molar-refractivity contribution < 1.29 is 9.90 Å². The first-order valence-electron chi connectivity index (χ1n) is 3.54. The highest BCUT2D eigenvalue weighted by Gasteiger charge is 2.00. The number of rotatable bonds is 4. The van der Waals surface area contributed by atoms with E-state index in [4.69, 9.17) is 5.11 Å². The monoisotopic (exact) mass is 142 g/mol. The molecule has 1 atom stereocenters. The molecule has 0 aliphatic rings. The number of allylic oxidation sites excluding steroid dienone is 2. The fourth-order valence-corrected chi connectivity index (χ4v) is 0.608. The summed E-state index contributed by atoms with van der Waals surface area (Å²) >= 11 is 0. The Hall–Kier alpha value is -0.630. The predicted octanol–water partition coefficient (Wildman–Crippen LogP) is 1.29. The Balaban J connectivity index is 3.54. The molecule has 0 radical (unpaired) electrons. The van der Waals surface area contributed by atoms with Gasteiger partial charge in [0.25, 0.3) is 0 Å². The van der Waals surface area contributed by atoms with Crippen molar-refractivity contribution in [3.8, 4) is 0 Å². The average molecular weight is 142 g/mol. The van der Waals surface area contributed by atoms with E-state index in [9.17, 15) is 4.79 Å². The van der Waals surface area contributed by atoms with E-state index in [-0.39, 0.29) is 12.2 Å². The van der Waals surface area contributed by atoms with Gasteiger partial charge in [-0.15, -0.1) is 0 Å². The number of carbonyl (C=O) groups is 1. The van der Waals surface area contributed by atoms with Crippen molar-refractivity contribution in [1.82, 2.24) is 0 Å². The van der Waals surface area contributed by atoms with Gasteiger partial charge in [0.15, 0.2) is 5.78 Å².